The Labute approximate surface area is 121 Å². The molecular formula is C17H24N2O. The molecule has 0 bridgehead atoms. The first kappa shape index (κ1) is 13.5. The number of hydrogen-bond donors (Lipinski definition) is 2. The Hall–Kier alpha value is -1.51. The molecule has 3 rings (SSSR count). The zero-order valence-corrected chi connectivity index (χ0v) is 12.4. The minimum absolute atomic E-state index is 0.0267. The molecule has 1 atom stereocenters. The summed E-state index contributed by atoms with van der Waals surface area (Å²) < 4.78 is 0. The normalized spacial score (nSPS) is 24.8. The van der Waals surface area contributed by atoms with Gasteiger partial charge in [0.1, 0.15) is 0 Å². The third-order valence-electron chi connectivity index (χ3n) is 4.83. The third-order valence-corrected chi connectivity index (χ3v) is 4.83. The number of hydrogen-bond acceptors (Lipinski definition) is 2. The van der Waals surface area contributed by atoms with E-state index in [1.165, 1.54) is 12.8 Å². The van der Waals surface area contributed by atoms with Crippen LogP contribution in [0.25, 0.3) is 0 Å². The fraction of sp³-hybridized carbons (Fsp3) is 0.588. The molecule has 0 aromatic heterocycles. The average Bonchev–Trinajstić information content (AvgIpc) is 2.85. The van der Waals surface area contributed by atoms with Crippen LogP contribution in [0.15, 0.2) is 24.3 Å². The standard InChI is InChI=1S/C17H24N2O/c1-17(2)9-7-12(8-10-17)19-16(20)14-11-18-15-6-4-3-5-13(14)15/h3-6,12,14,18H,7-11H2,1-2H3,(H,19,20). The van der Waals surface area contributed by atoms with Gasteiger partial charge in [-0.15, -0.1) is 0 Å². The topological polar surface area (TPSA) is 41.1 Å². The lowest BCUT2D eigenvalue weighted by Gasteiger charge is -2.35. The summed E-state index contributed by atoms with van der Waals surface area (Å²) >= 11 is 0. The van der Waals surface area contributed by atoms with Crippen molar-refractivity contribution in [2.75, 3.05) is 11.9 Å². The van der Waals surface area contributed by atoms with Gasteiger partial charge in [-0.05, 0) is 42.7 Å². The van der Waals surface area contributed by atoms with Crippen LogP contribution in [-0.2, 0) is 4.79 Å². The molecule has 1 saturated carbocycles. The van der Waals surface area contributed by atoms with Crippen molar-refractivity contribution in [3.63, 3.8) is 0 Å². The monoisotopic (exact) mass is 272 g/mol. The van der Waals surface area contributed by atoms with Gasteiger partial charge in [0, 0.05) is 18.3 Å². The zero-order chi connectivity index (χ0) is 14.2. The van der Waals surface area contributed by atoms with Crippen LogP contribution in [0.2, 0.25) is 0 Å². The van der Waals surface area contributed by atoms with E-state index >= 15 is 0 Å². The minimum atomic E-state index is -0.0267. The van der Waals surface area contributed by atoms with Crippen LogP contribution in [0.1, 0.15) is 51.0 Å². The molecule has 0 radical (unpaired) electrons. The first-order chi connectivity index (χ1) is 9.55. The van der Waals surface area contributed by atoms with E-state index < -0.39 is 0 Å². The lowest BCUT2D eigenvalue weighted by molar-refractivity contribution is -0.123. The number of para-hydroxylation sites is 1. The minimum Gasteiger partial charge on any atom is -0.384 e. The number of carbonyl (C=O) groups excluding carboxylic acids is 1. The third kappa shape index (κ3) is 2.67. The van der Waals surface area contributed by atoms with Gasteiger partial charge in [-0.25, -0.2) is 0 Å². The van der Waals surface area contributed by atoms with Crippen LogP contribution in [0.3, 0.4) is 0 Å². The van der Waals surface area contributed by atoms with E-state index in [1.54, 1.807) is 0 Å². The SMILES string of the molecule is CC1(C)CCC(NC(=O)C2CNc3ccccc32)CC1. The molecule has 1 aliphatic carbocycles. The number of benzene rings is 1. The van der Waals surface area contributed by atoms with Gasteiger partial charge in [0.2, 0.25) is 5.91 Å². The summed E-state index contributed by atoms with van der Waals surface area (Å²) in [5, 5.41) is 6.58. The second-order valence-corrected chi connectivity index (χ2v) is 6.97. The molecule has 108 valence electrons. The molecule has 3 heteroatoms. The molecule has 2 aliphatic rings. The zero-order valence-electron chi connectivity index (χ0n) is 12.4. The van der Waals surface area contributed by atoms with Crippen molar-refractivity contribution < 1.29 is 4.79 Å². The fourth-order valence-corrected chi connectivity index (χ4v) is 3.36. The summed E-state index contributed by atoms with van der Waals surface area (Å²) in [5.41, 5.74) is 2.70. The van der Waals surface area contributed by atoms with Gasteiger partial charge in [0.15, 0.2) is 0 Å². The smallest absolute Gasteiger partial charge is 0.229 e. The second-order valence-electron chi connectivity index (χ2n) is 6.97. The van der Waals surface area contributed by atoms with Crippen molar-refractivity contribution in [1.29, 1.82) is 0 Å². The summed E-state index contributed by atoms with van der Waals surface area (Å²) in [4.78, 5) is 12.5. The number of amides is 1. The number of nitrogens with one attached hydrogen (secondary N) is 2. The maximum Gasteiger partial charge on any atom is 0.229 e. The van der Waals surface area contributed by atoms with Crippen LogP contribution >= 0.6 is 0 Å². The molecule has 1 aromatic carbocycles. The molecule has 1 aliphatic heterocycles. The highest BCUT2D eigenvalue weighted by molar-refractivity contribution is 5.88. The van der Waals surface area contributed by atoms with Gasteiger partial charge in [-0.1, -0.05) is 32.0 Å². The van der Waals surface area contributed by atoms with E-state index in [1.807, 2.05) is 18.2 Å². The Kier molecular flexibility index (Phi) is 3.45. The van der Waals surface area contributed by atoms with E-state index in [9.17, 15) is 4.79 Å². The summed E-state index contributed by atoms with van der Waals surface area (Å²) in [7, 11) is 0. The van der Waals surface area contributed by atoms with Crippen molar-refractivity contribution in [3.8, 4) is 0 Å². The average molecular weight is 272 g/mol. The van der Waals surface area contributed by atoms with Crippen molar-refractivity contribution >= 4 is 11.6 Å². The van der Waals surface area contributed by atoms with Gasteiger partial charge >= 0.3 is 0 Å². The number of fused-ring (bicyclic) bond motifs is 1. The van der Waals surface area contributed by atoms with E-state index in [2.05, 4.69) is 30.5 Å². The molecule has 0 saturated heterocycles. The van der Waals surface area contributed by atoms with Crippen molar-refractivity contribution in [1.82, 2.24) is 5.32 Å². The van der Waals surface area contributed by atoms with Crippen LogP contribution in [0.5, 0.6) is 0 Å². The van der Waals surface area contributed by atoms with Crippen molar-refractivity contribution in [2.24, 2.45) is 5.41 Å². The van der Waals surface area contributed by atoms with Crippen LogP contribution in [0.4, 0.5) is 5.69 Å². The molecule has 3 nitrogen and oxygen atoms in total. The number of anilines is 1. The molecular weight excluding hydrogens is 248 g/mol. The van der Waals surface area contributed by atoms with Crippen LogP contribution < -0.4 is 10.6 Å². The van der Waals surface area contributed by atoms with Gasteiger partial charge < -0.3 is 10.6 Å². The van der Waals surface area contributed by atoms with Gasteiger partial charge in [0.05, 0.1) is 5.92 Å². The molecule has 1 unspecified atom stereocenters. The quantitative estimate of drug-likeness (QED) is 0.867. The largest absolute Gasteiger partial charge is 0.384 e. The van der Waals surface area contributed by atoms with Gasteiger partial charge in [-0.2, -0.15) is 0 Å². The summed E-state index contributed by atoms with van der Waals surface area (Å²) in [6.45, 7) is 5.37. The Morgan fingerprint density at radius 2 is 1.95 bits per heavy atom. The molecule has 2 N–H and O–H groups in total. The maximum absolute atomic E-state index is 12.5. The molecule has 1 fully saturated rings. The first-order valence-corrected chi connectivity index (χ1v) is 7.68. The second kappa shape index (κ2) is 5.12. The first-order valence-electron chi connectivity index (χ1n) is 7.68. The van der Waals surface area contributed by atoms with E-state index in [-0.39, 0.29) is 11.8 Å². The molecule has 20 heavy (non-hydrogen) atoms. The Morgan fingerprint density at radius 1 is 1.25 bits per heavy atom. The number of carbonyl (C=O) groups is 1. The maximum atomic E-state index is 12.5. The van der Waals surface area contributed by atoms with Crippen molar-refractivity contribution in [3.05, 3.63) is 29.8 Å². The van der Waals surface area contributed by atoms with Crippen LogP contribution in [0, 0.1) is 5.41 Å². The predicted octanol–water partition coefficient (Wildman–Crippen LogP) is 3.28. The predicted molar refractivity (Wildman–Crippen MR) is 81.9 cm³/mol. The highest BCUT2D eigenvalue weighted by Gasteiger charge is 2.32. The highest BCUT2D eigenvalue weighted by atomic mass is 16.2. The lowest BCUT2D eigenvalue weighted by Crippen LogP contribution is -2.41. The molecule has 1 aromatic rings. The summed E-state index contributed by atoms with van der Waals surface area (Å²) in [5.74, 6) is 0.160. The van der Waals surface area contributed by atoms with Crippen LogP contribution in [-0.4, -0.2) is 18.5 Å². The van der Waals surface area contributed by atoms with Gasteiger partial charge in [-0.3, -0.25) is 4.79 Å². The van der Waals surface area contributed by atoms with Gasteiger partial charge in [0.25, 0.3) is 0 Å². The van der Waals surface area contributed by atoms with E-state index in [0.29, 0.717) is 11.5 Å². The van der Waals surface area contributed by atoms with E-state index in [4.69, 9.17) is 0 Å². The molecule has 0 spiro atoms. The molecule has 1 amide bonds. The van der Waals surface area contributed by atoms with Crippen molar-refractivity contribution in [2.45, 2.75) is 51.5 Å². The summed E-state index contributed by atoms with van der Waals surface area (Å²) in [6.07, 6.45) is 4.63. The Bertz CT molecular complexity index is 499. The highest BCUT2D eigenvalue weighted by Crippen LogP contribution is 2.36. The molecule has 1 heterocycles. The Morgan fingerprint density at radius 3 is 2.70 bits per heavy atom. The fourth-order valence-electron chi connectivity index (χ4n) is 3.36. The summed E-state index contributed by atoms with van der Waals surface area (Å²) in [6, 6.07) is 8.49. The Balaban J connectivity index is 1.61. The van der Waals surface area contributed by atoms with E-state index in [0.717, 1.165) is 30.6 Å². The lowest BCUT2D eigenvalue weighted by atomic mass is 9.75. The number of rotatable bonds is 2.